The number of amides is 1. The van der Waals surface area contributed by atoms with Crippen molar-refractivity contribution < 1.29 is 14.1 Å². The maximum atomic E-state index is 12.2. The maximum Gasteiger partial charge on any atom is 0.407 e. The first kappa shape index (κ1) is 20.3. The molecule has 0 radical (unpaired) electrons. The van der Waals surface area contributed by atoms with Gasteiger partial charge in [-0.05, 0) is 67.7 Å². The summed E-state index contributed by atoms with van der Waals surface area (Å²) in [5.74, 6) is 0.273. The van der Waals surface area contributed by atoms with Crippen LogP contribution in [0.2, 0.25) is 0 Å². The van der Waals surface area contributed by atoms with Gasteiger partial charge in [0.15, 0.2) is 0 Å². The molecule has 0 bridgehead atoms. The molecule has 0 aromatic heterocycles. The first-order valence-corrected chi connectivity index (χ1v) is 9.46. The van der Waals surface area contributed by atoms with E-state index in [1.54, 1.807) is 0 Å². The van der Waals surface area contributed by atoms with Crippen molar-refractivity contribution in [2.45, 2.75) is 90.5 Å². The molecule has 1 saturated carbocycles. The van der Waals surface area contributed by atoms with Crippen LogP contribution in [0.5, 0.6) is 0 Å². The molecule has 1 aliphatic rings. The molecule has 1 N–H and O–H groups in total. The van der Waals surface area contributed by atoms with E-state index in [1.165, 1.54) is 0 Å². The van der Waals surface area contributed by atoms with Crippen LogP contribution >= 0.6 is 0 Å². The number of hydrogen-bond acceptors (Lipinski definition) is 4. The van der Waals surface area contributed by atoms with Crippen molar-refractivity contribution in [1.82, 2.24) is 5.32 Å². The van der Waals surface area contributed by atoms with Crippen LogP contribution in [0, 0.1) is 5.92 Å². The Kier molecular flexibility index (Phi) is 6.95. The smallest absolute Gasteiger partial charge is 0.407 e. The van der Waals surface area contributed by atoms with Crippen LogP contribution in [0.15, 0.2) is 4.40 Å². The number of ether oxygens (including phenoxy) is 1. The Balaban J connectivity index is 2.61. The average Bonchev–Trinajstić information content (AvgIpc) is 2.35. The van der Waals surface area contributed by atoms with Crippen LogP contribution in [0.25, 0.3) is 0 Å². The first-order chi connectivity index (χ1) is 10.4. The normalized spacial score (nSPS) is 25.0. The zero-order chi connectivity index (χ0) is 17.8. The summed E-state index contributed by atoms with van der Waals surface area (Å²) >= 11 is -1.23. The molecule has 1 amide bonds. The lowest BCUT2D eigenvalue weighted by Gasteiger charge is -2.30. The predicted molar refractivity (Wildman–Crippen MR) is 96.1 cm³/mol. The Hall–Kier alpha value is -0.750. The minimum Gasteiger partial charge on any atom is -0.591 e. The fourth-order valence-corrected chi connectivity index (χ4v) is 3.20. The van der Waals surface area contributed by atoms with Gasteiger partial charge in [-0.25, -0.2) is 4.79 Å². The van der Waals surface area contributed by atoms with Gasteiger partial charge in [0.1, 0.15) is 21.7 Å². The first-order valence-electron chi connectivity index (χ1n) is 8.35. The largest absolute Gasteiger partial charge is 0.591 e. The molecule has 3 atom stereocenters. The molecule has 0 heterocycles. The molecule has 23 heavy (non-hydrogen) atoms. The lowest BCUT2D eigenvalue weighted by atomic mass is 9.83. The molecule has 0 saturated heterocycles. The number of alkyl carbamates (subject to hydrolysis) is 1. The molecule has 0 spiro atoms. The topological polar surface area (TPSA) is 73.8 Å². The van der Waals surface area contributed by atoms with Crippen molar-refractivity contribution in [1.29, 1.82) is 0 Å². The van der Waals surface area contributed by atoms with Crippen LogP contribution in [-0.4, -0.2) is 32.7 Å². The maximum absolute atomic E-state index is 12.2. The minimum absolute atomic E-state index is 0.0943. The van der Waals surface area contributed by atoms with E-state index < -0.39 is 17.0 Å². The SMILES string of the molecule is CC(=N[S+]([O-])C(C)(C)C)[C@@H]1CCC[C@H](NC(=O)OC(C)(C)C)C1. The zero-order valence-electron chi connectivity index (χ0n) is 15.6. The Morgan fingerprint density at radius 1 is 1.22 bits per heavy atom. The Labute approximate surface area is 144 Å². The summed E-state index contributed by atoms with van der Waals surface area (Å²) in [4.78, 5) is 11.9. The van der Waals surface area contributed by atoms with Crippen molar-refractivity contribution in [2.24, 2.45) is 10.3 Å². The molecule has 1 unspecified atom stereocenters. The molecule has 5 nitrogen and oxygen atoms in total. The third-order valence-corrected chi connectivity index (χ3v) is 5.24. The van der Waals surface area contributed by atoms with Crippen molar-refractivity contribution >= 4 is 23.2 Å². The summed E-state index contributed by atoms with van der Waals surface area (Å²) in [5, 5.41) is 2.95. The van der Waals surface area contributed by atoms with E-state index in [1.807, 2.05) is 48.5 Å². The van der Waals surface area contributed by atoms with Gasteiger partial charge in [-0.1, -0.05) is 10.8 Å². The molecule has 1 aliphatic carbocycles. The van der Waals surface area contributed by atoms with Crippen LogP contribution < -0.4 is 5.32 Å². The van der Waals surface area contributed by atoms with Gasteiger partial charge in [0.05, 0.1) is 5.71 Å². The van der Waals surface area contributed by atoms with Gasteiger partial charge in [0, 0.05) is 12.0 Å². The molecule has 134 valence electrons. The molecule has 1 fully saturated rings. The van der Waals surface area contributed by atoms with E-state index in [2.05, 4.69) is 9.71 Å². The van der Waals surface area contributed by atoms with Crippen molar-refractivity contribution in [3.8, 4) is 0 Å². The summed E-state index contributed by atoms with van der Waals surface area (Å²) in [5.41, 5.74) is 0.438. The molecule has 1 rings (SSSR count). The highest BCUT2D eigenvalue weighted by Gasteiger charge is 2.30. The van der Waals surface area contributed by atoms with E-state index in [4.69, 9.17) is 4.74 Å². The lowest BCUT2D eigenvalue weighted by molar-refractivity contribution is 0.0489. The molecule has 0 aromatic carbocycles. The molecule has 0 aromatic rings. The van der Waals surface area contributed by atoms with Crippen LogP contribution in [0.1, 0.15) is 74.1 Å². The molecule has 6 heteroatoms. The summed E-state index contributed by atoms with van der Waals surface area (Å²) < 4.78 is 21.5. The predicted octanol–water partition coefficient (Wildman–Crippen LogP) is 3.99. The van der Waals surface area contributed by atoms with Crippen molar-refractivity contribution in [2.75, 3.05) is 0 Å². The highest BCUT2D eigenvalue weighted by Crippen LogP contribution is 2.27. The monoisotopic (exact) mass is 344 g/mol. The van der Waals surface area contributed by atoms with E-state index in [9.17, 15) is 9.35 Å². The van der Waals surface area contributed by atoms with Gasteiger partial charge in [-0.15, -0.1) is 0 Å². The number of hydrogen-bond donors (Lipinski definition) is 1. The molecular weight excluding hydrogens is 312 g/mol. The van der Waals surface area contributed by atoms with Gasteiger partial charge >= 0.3 is 6.09 Å². The third-order valence-electron chi connectivity index (χ3n) is 3.74. The van der Waals surface area contributed by atoms with E-state index >= 15 is 0 Å². The number of nitrogens with one attached hydrogen (secondary N) is 1. The fraction of sp³-hybridized carbons (Fsp3) is 0.882. The van der Waals surface area contributed by atoms with Crippen molar-refractivity contribution in [3.63, 3.8) is 0 Å². The van der Waals surface area contributed by atoms with Gasteiger partial charge in [0.25, 0.3) is 0 Å². The quantitative estimate of drug-likeness (QED) is 0.621. The second-order valence-electron chi connectivity index (χ2n) is 8.30. The van der Waals surface area contributed by atoms with E-state index in [-0.39, 0.29) is 22.8 Å². The van der Waals surface area contributed by atoms with Gasteiger partial charge in [-0.2, -0.15) is 0 Å². The van der Waals surface area contributed by atoms with Gasteiger partial charge in [0.2, 0.25) is 0 Å². The standard InChI is InChI=1S/C17H32N2O3S/c1-12(19-23(21)17(5,6)7)13-9-8-10-14(11-13)18-15(20)22-16(2,3)4/h13-14H,8-11H2,1-7H3,(H,18,20)/t13-,14+,23?/m1/s1. The summed E-state index contributed by atoms with van der Waals surface area (Å²) in [6, 6.07) is 0.0943. The lowest BCUT2D eigenvalue weighted by Crippen LogP contribution is -2.42. The second kappa shape index (κ2) is 7.88. The number of nitrogens with zero attached hydrogens (tertiary/aromatic N) is 1. The minimum atomic E-state index is -1.23. The summed E-state index contributed by atoms with van der Waals surface area (Å²) in [6.45, 7) is 13.3. The molecule has 0 aliphatic heterocycles. The van der Waals surface area contributed by atoms with Crippen LogP contribution in [0.3, 0.4) is 0 Å². The van der Waals surface area contributed by atoms with Gasteiger partial charge < -0.3 is 14.6 Å². The second-order valence-corrected chi connectivity index (χ2v) is 10.2. The highest BCUT2D eigenvalue weighted by molar-refractivity contribution is 7.91. The number of carbonyl (C=O) groups is 1. The van der Waals surface area contributed by atoms with Crippen molar-refractivity contribution in [3.05, 3.63) is 0 Å². The van der Waals surface area contributed by atoms with E-state index in [0.717, 1.165) is 31.4 Å². The Morgan fingerprint density at radius 3 is 2.35 bits per heavy atom. The summed E-state index contributed by atoms with van der Waals surface area (Å²) in [7, 11) is 0. The Morgan fingerprint density at radius 2 is 1.83 bits per heavy atom. The van der Waals surface area contributed by atoms with Gasteiger partial charge in [-0.3, -0.25) is 0 Å². The molecular formula is C17H32N2O3S. The number of rotatable bonds is 3. The Bertz CT molecular complexity index is 438. The zero-order valence-corrected chi connectivity index (χ0v) is 16.4. The third kappa shape index (κ3) is 7.57. The average molecular weight is 345 g/mol. The van der Waals surface area contributed by atoms with E-state index in [0.29, 0.717) is 0 Å². The number of carbonyl (C=O) groups excluding carboxylic acids is 1. The van der Waals surface area contributed by atoms with Crippen LogP contribution in [-0.2, 0) is 16.1 Å². The summed E-state index contributed by atoms with van der Waals surface area (Å²) in [6.07, 6.45) is 3.47. The highest BCUT2D eigenvalue weighted by atomic mass is 32.2. The fourth-order valence-electron chi connectivity index (χ4n) is 2.52. The van der Waals surface area contributed by atoms with Crippen LogP contribution in [0.4, 0.5) is 4.79 Å².